The van der Waals surface area contributed by atoms with Gasteiger partial charge in [0, 0.05) is 62.6 Å². The van der Waals surface area contributed by atoms with Gasteiger partial charge in [-0.25, -0.2) is 9.78 Å². The molecular weight excluding hydrogens is 392 g/mol. The fraction of sp³-hybridized carbons (Fsp3) is 0.348. The number of anilines is 3. The average Bonchev–Trinajstić information content (AvgIpc) is 3.16. The fourth-order valence-corrected chi connectivity index (χ4v) is 3.92. The first-order chi connectivity index (χ1) is 14.9. The number of benzene rings is 1. The normalized spacial score (nSPS) is 14.2. The standard InChI is InChI=1S/C23H28N6O2/c1-16(2)25-20-5-4-9-24-22(20)27-11-13-28(14-12-27)23(31)29-10-8-18-15-19(26-17(3)30)6-7-21(18)29/h4-10,15-16,25H,11-14H2,1-3H3,(H,26,30). The molecule has 1 aromatic carbocycles. The Kier molecular flexibility index (Phi) is 5.79. The Labute approximate surface area is 181 Å². The van der Waals surface area contributed by atoms with Crippen LogP contribution in [0.4, 0.5) is 22.0 Å². The zero-order valence-electron chi connectivity index (χ0n) is 18.1. The molecule has 2 N–H and O–H groups in total. The molecule has 0 bridgehead atoms. The number of hydrogen-bond donors (Lipinski definition) is 2. The molecule has 3 heterocycles. The van der Waals surface area contributed by atoms with Crippen LogP contribution >= 0.6 is 0 Å². The Morgan fingerprint density at radius 1 is 1.06 bits per heavy atom. The van der Waals surface area contributed by atoms with Gasteiger partial charge < -0.3 is 20.4 Å². The summed E-state index contributed by atoms with van der Waals surface area (Å²) in [7, 11) is 0. The highest BCUT2D eigenvalue weighted by molar-refractivity contribution is 5.96. The molecule has 1 aliphatic rings. The number of nitrogens with zero attached hydrogens (tertiary/aromatic N) is 4. The molecule has 0 atom stereocenters. The van der Waals surface area contributed by atoms with Gasteiger partial charge in [-0.2, -0.15) is 0 Å². The van der Waals surface area contributed by atoms with E-state index >= 15 is 0 Å². The van der Waals surface area contributed by atoms with Crippen molar-refractivity contribution in [2.24, 2.45) is 0 Å². The van der Waals surface area contributed by atoms with Crippen molar-refractivity contribution >= 4 is 40.0 Å². The lowest BCUT2D eigenvalue weighted by molar-refractivity contribution is -0.114. The van der Waals surface area contributed by atoms with Crippen LogP contribution in [0.3, 0.4) is 0 Å². The molecule has 4 rings (SSSR count). The van der Waals surface area contributed by atoms with Crippen molar-refractivity contribution in [1.29, 1.82) is 0 Å². The van der Waals surface area contributed by atoms with Crippen molar-refractivity contribution in [3.63, 3.8) is 0 Å². The van der Waals surface area contributed by atoms with Crippen LogP contribution in [-0.4, -0.2) is 58.6 Å². The summed E-state index contributed by atoms with van der Waals surface area (Å²) < 4.78 is 1.68. The minimum atomic E-state index is -0.118. The molecule has 8 nitrogen and oxygen atoms in total. The van der Waals surface area contributed by atoms with Gasteiger partial charge >= 0.3 is 6.03 Å². The van der Waals surface area contributed by atoms with Gasteiger partial charge in [0.25, 0.3) is 0 Å². The number of hydrogen-bond acceptors (Lipinski definition) is 5. The highest BCUT2D eigenvalue weighted by Crippen LogP contribution is 2.25. The van der Waals surface area contributed by atoms with Crippen molar-refractivity contribution < 1.29 is 9.59 Å². The lowest BCUT2D eigenvalue weighted by Gasteiger charge is -2.36. The van der Waals surface area contributed by atoms with Gasteiger partial charge in [-0.1, -0.05) is 0 Å². The van der Waals surface area contributed by atoms with Gasteiger partial charge in [-0.3, -0.25) is 9.36 Å². The highest BCUT2D eigenvalue weighted by atomic mass is 16.2. The van der Waals surface area contributed by atoms with E-state index in [1.165, 1.54) is 6.92 Å². The van der Waals surface area contributed by atoms with Gasteiger partial charge in [0.05, 0.1) is 11.2 Å². The Morgan fingerprint density at radius 2 is 1.84 bits per heavy atom. The summed E-state index contributed by atoms with van der Waals surface area (Å²) in [6.07, 6.45) is 3.60. The van der Waals surface area contributed by atoms with Crippen LogP contribution in [-0.2, 0) is 4.79 Å². The molecule has 162 valence electrons. The van der Waals surface area contributed by atoms with Crippen molar-refractivity contribution in [2.45, 2.75) is 26.8 Å². The third kappa shape index (κ3) is 4.47. The maximum absolute atomic E-state index is 13.2. The Bertz CT molecular complexity index is 1100. The molecule has 0 aliphatic carbocycles. The SMILES string of the molecule is CC(=O)Nc1ccc2c(ccn2C(=O)N2CCN(c3ncccc3NC(C)C)CC2)c1. The predicted molar refractivity (Wildman–Crippen MR) is 124 cm³/mol. The van der Waals surface area contributed by atoms with Crippen LogP contribution in [0.1, 0.15) is 20.8 Å². The Morgan fingerprint density at radius 3 is 2.55 bits per heavy atom. The molecular formula is C23H28N6O2. The van der Waals surface area contributed by atoms with Crippen molar-refractivity contribution in [2.75, 3.05) is 41.7 Å². The number of pyridine rings is 1. The zero-order chi connectivity index (χ0) is 22.0. The molecule has 1 saturated heterocycles. The molecule has 0 spiro atoms. The van der Waals surface area contributed by atoms with Crippen LogP contribution in [0.25, 0.3) is 10.9 Å². The van der Waals surface area contributed by atoms with E-state index in [-0.39, 0.29) is 11.9 Å². The molecule has 2 amide bonds. The molecule has 31 heavy (non-hydrogen) atoms. The van der Waals surface area contributed by atoms with E-state index < -0.39 is 0 Å². The Hall–Kier alpha value is -3.55. The summed E-state index contributed by atoms with van der Waals surface area (Å²) in [5.41, 5.74) is 2.57. The summed E-state index contributed by atoms with van der Waals surface area (Å²) in [5, 5.41) is 7.14. The first-order valence-electron chi connectivity index (χ1n) is 10.6. The second-order valence-corrected chi connectivity index (χ2v) is 8.07. The first kappa shape index (κ1) is 20.7. The molecule has 2 aromatic heterocycles. The van der Waals surface area contributed by atoms with Gasteiger partial charge in [-0.05, 0) is 50.2 Å². The highest BCUT2D eigenvalue weighted by Gasteiger charge is 2.25. The van der Waals surface area contributed by atoms with Gasteiger partial charge in [-0.15, -0.1) is 0 Å². The number of piperazine rings is 1. The van der Waals surface area contributed by atoms with E-state index in [2.05, 4.69) is 34.4 Å². The van der Waals surface area contributed by atoms with E-state index in [1.54, 1.807) is 17.0 Å². The lowest BCUT2D eigenvalue weighted by Crippen LogP contribution is -2.50. The van der Waals surface area contributed by atoms with Crippen molar-refractivity contribution in [1.82, 2.24) is 14.5 Å². The largest absolute Gasteiger partial charge is 0.380 e. The summed E-state index contributed by atoms with van der Waals surface area (Å²) >= 11 is 0. The number of nitrogens with one attached hydrogen (secondary N) is 2. The molecule has 1 fully saturated rings. The average molecular weight is 421 g/mol. The van der Waals surface area contributed by atoms with Gasteiger partial charge in [0.15, 0.2) is 5.82 Å². The molecule has 3 aromatic rings. The summed E-state index contributed by atoms with van der Waals surface area (Å²) in [6.45, 7) is 8.39. The molecule has 0 saturated carbocycles. The van der Waals surface area contributed by atoms with Gasteiger partial charge in [0.2, 0.25) is 5.91 Å². The fourth-order valence-electron chi connectivity index (χ4n) is 3.92. The molecule has 8 heteroatoms. The Balaban J connectivity index is 1.46. The van der Waals surface area contributed by atoms with E-state index in [9.17, 15) is 9.59 Å². The molecule has 0 unspecified atom stereocenters. The number of rotatable bonds is 4. The van der Waals surface area contributed by atoms with E-state index in [0.717, 1.165) is 41.2 Å². The van der Waals surface area contributed by atoms with Crippen LogP contribution in [0, 0.1) is 0 Å². The molecule has 1 aliphatic heterocycles. The third-order valence-corrected chi connectivity index (χ3v) is 5.30. The van der Waals surface area contributed by atoms with E-state index in [4.69, 9.17) is 0 Å². The van der Waals surface area contributed by atoms with Gasteiger partial charge in [0.1, 0.15) is 0 Å². The zero-order valence-corrected chi connectivity index (χ0v) is 18.1. The predicted octanol–water partition coefficient (Wildman–Crippen LogP) is 3.61. The number of fused-ring (bicyclic) bond motifs is 1. The minimum absolute atomic E-state index is 0.0384. The second kappa shape index (κ2) is 8.67. The van der Waals surface area contributed by atoms with Crippen LogP contribution in [0.5, 0.6) is 0 Å². The quantitative estimate of drug-likeness (QED) is 0.674. The molecule has 0 radical (unpaired) electrons. The monoisotopic (exact) mass is 420 g/mol. The smallest absolute Gasteiger partial charge is 0.328 e. The summed E-state index contributed by atoms with van der Waals surface area (Å²) in [5.74, 6) is 0.813. The van der Waals surface area contributed by atoms with Crippen LogP contribution < -0.4 is 15.5 Å². The van der Waals surface area contributed by atoms with Crippen LogP contribution in [0.2, 0.25) is 0 Å². The lowest BCUT2D eigenvalue weighted by atomic mass is 10.2. The number of carbonyl (C=O) groups is 2. The first-order valence-corrected chi connectivity index (χ1v) is 10.6. The maximum atomic E-state index is 13.2. The van der Waals surface area contributed by atoms with Crippen molar-refractivity contribution in [3.8, 4) is 0 Å². The van der Waals surface area contributed by atoms with Crippen molar-refractivity contribution in [3.05, 3.63) is 48.8 Å². The maximum Gasteiger partial charge on any atom is 0.328 e. The van der Waals surface area contributed by atoms with E-state index in [0.29, 0.717) is 19.1 Å². The third-order valence-electron chi connectivity index (χ3n) is 5.30. The number of carbonyl (C=O) groups excluding carboxylic acids is 2. The number of aromatic nitrogens is 2. The number of amides is 2. The van der Waals surface area contributed by atoms with Crippen LogP contribution in [0.15, 0.2) is 48.8 Å². The minimum Gasteiger partial charge on any atom is -0.380 e. The summed E-state index contributed by atoms with van der Waals surface area (Å²) in [6, 6.07) is 11.7. The second-order valence-electron chi connectivity index (χ2n) is 8.07. The summed E-state index contributed by atoms with van der Waals surface area (Å²) in [4.78, 5) is 33.1. The topological polar surface area (TPSA) is 82.5 Å². The van der Waals surface area contributed by atoms with E-state index in [1.807, 2.05) is 41.3 Å².